The van der Waals surface area contributed by atoms with Crippen molar-refractivity contribution in [1.82, 2.24) is 15.3 Å². The molecule has 33 heavy (non-hydrogen) atoms. The number of rotatable bonds is 6. The molecule has 3 aliphatic rings. The highest BCUT2D eigenvalue weighted by Crippen LogP contribution is 2.38. The molecule has 1 saturated carbocycles. The van der Waals surface area contributed by atoms with E-state index in [4.69, 9.17) is 14.6 Å². The van der Waals surface area contributed by atoms with Gasteiger partial charge in [-0.25, -0.2) is 14.8 Å². The molecule has 1 spiro atoms. The maximum atomic E-state index is 11.8. The molecule has 3 heterocycles. The van der Waals surface area contributed by atoms with Crippen LogP contribution in [0.5, 0.6) is 0 Å². The van der Waals surface area contributed by atoms with Crippen LogP contribution >= 0.6 is 0 Å². The minimum absolute atomic E-state index is 0.0300. The molecule has 2 N–H and O–H groups in total. The van der Waals surface area contributed by atoms with Gasteiger partial charge in [0.2, 0.25) is 5.91 Å². The molecule has 9 nitrogen and oxygen atoms in total. The van der Waals surface area contributed by atoms with E-state index in [2.05, 4.69) is 20.2 Å². The van der Waals surface area contributed by atoms with Gasteiger partial charge in [-0.2, -0.15) is 13.2 Å². The van der Waals surface area contributed by atoms with Crippen LogP contribution in [0.25, 0.3) is 0 Å². The number of aliphatic carboxylic acids is 1. The number of carboxylic acid groups (broad SMARTS) is 1. The molecule has 2 saturated heterocycles. The number of anilines is 2. The number of nitrogens with one attached hydrogen (secondary N) is 1. The normalized spacial score (nSPS) is 21.5. The van der Waals surface area contributed by atoms with Crippen LogP contribution in [-0.4, -0.2) is 79.1 Å². The summed E-state index contributed by atoms with van der Waals surface area (Å²) in [7, 11) is 3.97. The van der Waals surface area contributed by atoms with Crippen molar-refractivity contribution in [3.8, 4) is 0 Å². The van der Waals surface area contributed by atoms with Gasteiger partial charge in [-0.05, 0) is 37.5 Å². The van der Waals surface area contributed by atoms with E-state index in [0.717, 1.165) is 50.7 Å². The summed E-state index contributed by atoms with van der Waals surface area (Å²) < 4.78 is 38.0. The van der Waals surface area contributed by atoms with Crippen molar-refractivity contribution in [3.05, 3.63) is 12.4 Å². The number of carbonyl (C=O) groups excluding carboxylic acids is 1. The summed E-state index contributed by atoms with van der Waals surface area (Å²) in [5.74, 6) is 0.430. The summed E-state index contributed by atoms with van der Waals surface area (Å²) >= 11 is 0. The van der Waals surface area contributed by atoms with Crippen LogP contribution in [0.4, 0.5) is 24.8 Å². The van der Waals surface area contributed by atoms with Crippen LogP contribution in [0.3, 0.4) is 0 Å². The molecular formula is C21H30F3N5O4. The zero-order valence-corrected chi connectivity index (χ0v) is 18.8. The number of carboxylic acids is 1. The van der Waals surface area contributed by atoms with Gasteiger partial charge in [0.25, 0.3) is 0 Å². The lowest BCUT2D eigenvalue weighted by Gasteiger charge is -2.53. The first kappa shape index (κ1) is 25.0. The van der Waals surface area contributed by atoms with Crippen LogP contribution in [0.1, 0.15) is 32.1 Å². The number of hydrogen-bond donors (Lipinski definition) is 2. The minimum Gasteiger partial charge on any atom is -0.475 e. The van der Waals surface area contributed by atoms with Crippen molar-refractivity contribution >= 4 is 23.5 Å². The molecule has 3 fully saturated rings. The van der Waals surface area contributed by atoms with Crippen molar-refractivity contribution in [3.63, 3.8) is 0 Å². The summed E-state index contributed by atoms with van der Waals surface area (Å²) in [5.41, 5.74) is -0.0300. The second-order valence-electron chi connectivity index (χ2n) is 9.14. The number of carbonyl (C=O) groups is 2. The van der Waals surface area contributed by atoms with Crippen LogP contribution in [0.15, 0.2) is 12.4 Å². The Morgan fingerprint density at radius 1 is 1.24 bits per heavy atom. The molecule has 1 atom stereocenters. The van der Waals surface area contributed by atoms with Gasteiger partial charge in [0.15, 0.2) is 0 Å². The number of alkyl halides is 3. The van der Waals surface area contributed by atoms with Gasteiger partial charge >= 0.3 is 12.1 Å². The summed E-state index contributed by atoms with van der Waals surface area (Å²) in [4.78, 5) is 33.6. The Labute approximate surface area is 190 Å². The average molecular weight is 473 g/mol. The van der Waals surface area contributed by atoms with Crippen molar-refractivity contribution in [2.24, 2.45) is 11.8 Å². The highest BCUT2D eigenvalue weighted by molar-refractivity contribution is 5.76. The Hall–Kier alpha value is -2.63. The zero-order chi connectivity index (χ0) is 24.2. The largest absolute Gasteiger partial charge is 0.490 e. The lowest BCUT2D eigenvalue weighted by molar-refractivity contribution is -0.192. The van der Waals surface area contributed by atoms with Gasteiger partial charge in [0, 0.05) is 33.1 Å². The summed E-state index contributed by atoms with van der Waals surface area (Å²) in [6, 6.07) is 2.02. The molecule has 12 heteroatoms. The third-order valence-electron chi connectivity index (χ3n) is 6.01. The van der Waals surface area contributed by atoms with Gasteiger partial charge in [0.05, 0.1) is 19.7 Å². The maximum Gasteiger partial charge on any atom is 0.490 e. The van der Waals surface area contributed by atoms with Gasteiger partial charge in [-0.3, -0.25) is 4.79 Å². The zero-order valence-electron chi connectivity index (χ0n) is 18.8. The monoisotopic (exact) mass is 473 g/mol. The molecule has 184 valence electrons. The minimum atomic E-state index is -5.08. The van der Waals surface area contributed by atoms with Crippen molar-refractivity contribution in [1.29, 1.82) is 0 Å². The van der Waals surface area contributed by atoms with Gasteiger partial charge < -0.3 is 25.0 Å². The van der Waals surface area contributed by atoms with E-state index in [0.29, 0.717) is 18.3 Å². The van der Waals surface area contributed by atoms with E-state index in [1.807, 2.05) is 25.1 Å². The van der Waals surface area contributed by atoms with E-state index in [-0.39, 0.29) is 11.5 Å². The molecule has 0 radical (unpaired) electrons. The summed E-state index contributed by atoms with van der Waals surface area (Å²) in [6.07, 6.45) is 1.86. The van der Waals surface area contributed by atoms with E-state index in [1.165, 1.54) is 12.8 Å². The Kier molecular flexibility index (Phi) is 7.65. The number of ether oxygens (including phenoxy) is 1. The quantitative estimate of drug-likeness (QED) is 0.647. The molecule has 0 aromatic carbocycles. The Bertz CT molecular complexity index is 831. The lowest BCUT2D eigenvalue weighted by atomic mass is 9.83. The van der Waals surface area contributed by atoms with Gasteiger partial charge in [0.1, 0.15) is 23.6 Å². The fourth-order valence-electron chi connectivity index (χ4n) is 3.81. The molecule has 1 amide bonds. The van der Waals surface area contributed by atoms with Crippen LogP contribution in [-0.2, 0) is 14.3 Å². The Morgan fingerprint density at radius 2 is 1.91 bits per heavy atom. The highest BCUT2D eigenvalue weighted by Gasteiger charge is 2.47. The average Bonchev–Trinajstić information content (AvgIpc) is 3.55. The maximum absolute atomic E-state index is 11.8. The second kappa shape index (κ2) is 10.1. The number of aromatic nitrogens is 2. The van der Waals surface area contributed by atoms with Crippen molar-refractivity contribution in [2.75, 3.05) is 50.1 Å². The number of halogens is 3. The molecule has 1 aliphatic carbocycles. The molecule has 2 aliphatic heterocycles. The third kappa shape index (κ3) is 7.18. The second-order valence-corrected chi connectivity index (χ2v) is 9.14. The molecular weight excluding hydrogens is 443 g/mol. The molecule has 0 bridgehead atoms. The highest BCUT2D eigenvalue weighted by atomic mass is 19.4. The number of nitrogens with zero attached hydrogens (tertiary/aromatic N) is 4. The van der Waals surface area contributed by atoms with E-state index < -0.39 is 12.1 Å². The van der Waals surface area contributed by atoms with E-state index in [9.17, 15) is 18.0 Å². The first-order chi connectivity index (χ1) is 15.5. The first-order valence-electron chi connectivity index (χ1n) is 10.9. The van der Waals surface area contributed by atoms with Gasteiger partial charge in [-0.15, -0.1) is 0 Å². The van der Waals surface area contributed by atoms with Crippen LogP contribution in [0.2, 0.25) is 0 Å². The molecule has 4 rings (SSSR count). The van der Waals surface area contributed by atoms with E-state index >= 15 is 0 Å². The predicted octanol–water partition coefficient (Wildman–Crippen LogP) is 2.08. The number of amides is 1. The van der Waals surface area contributed by atoms with Crippen LogP contribution < -0.4 is 15.1 Å². The number of hydrogen-bond acceptors (Lipinski definition) is 7. The van der Waals surface area contributed by atoms with Crippen molar-refractivity contribution < 1.29 is 32.6 Å². The van der Waals surface area contributed by atoms with Crippen LogP contribution in [0, 0.1) is 11.8 Å². The topological polar surface area (TPSA) is 108 Å². The Balaban J connectivity index is 0.000000383. The first-order valence-corrected chi connectivity index (χ1v) is 10.9. The molecule has 1 aromatic rings. The predicted molar refractivity (Wildman–Crippen MR) is 114 cm³/mol. The molecule has 1 aromatic heterocycles. The SMILES string of the molecule is CN(C)c1cc(N2CC3(CCC(CNC(=O)CC4CC4)CO3)C2)ncn1.O=C(O)C(F)(F)F. The third-order valence-corrected chi connectivity index (χ3v) is 6.01. The lowest BCUT2D eigenvalue weighted by Crippen LogP contribution is -2.65. The standard InChI is InChI=1S/C19H29N5O2.C2HF3O2/c1-23(2)16-8-17(22-13-21-16)24-11-19(12-24)6-5-15(10-26-19)9-20-18(25)7-14-3-4-14;3-2(4,5)1(6)7/h8,13-15H,3-7,9-12H2,1-2H3,(H,20,25);(H,6,7). The van der Waals surface area contributed by atoms with E-state index in [1.54, 1.807) is 6.33 Å². The molecule has 1 unspecified atom stereocenters. The Morgan fingerprint density at radius 3 is 2.42 bits per heavy atom. The fourth-order valence-corrected chi connectivity index (χ4v) is 3.81. The summed E-state index contributed by atoms with van der Waals surface area (Å²) in [6.45, 7) is 3.27. The smallest absolute Gasteiger partial charge is 0.475 e. The van der Waals surface area contributed by atoms with Gasteiger partial charge in [-0.1, -0.05) is 0 Å². The van der Waals surface area contributed by atoms with Crippen molar-refractivity contribution in [2.45, 2.75) is 43.9 Å². The fraction of sp³-hybridized carbons (Fsp3) is 0.714. The summed E-state index contributed by atoms with van der Waals surface area (Å²) in [5, 5.41) is 10.2.